The number of hydrogen-bond acceptors (Lipinski definition) is 4. The van der Waals surface area contributed by atoms with Crippen LogP contribution in [0.25, 0.3) is 28.0 Å². The largest absolute Gasteiger partial charge is 0.381 e. The van der Waals surface area contributed by atoms with Gasteiger partial charge in [-0.25, -0.2) is 9.37 Å². The van der Waals surface area contributed by atoms with Crippen LogP contribution < -0.4 is 0 Å². The second-order valence-electron chi connectivity index (χ2n) is 11.3. The van der Waals surface area contributed by atoms with E-state index in [1.807, 2.05) is 4.90 Å². The highest BCUT2D eigenvalue weighted by atomic mass is 19.1. The van der Waals surface area contributed by atoms with Gasteiger partial charge in [0, 0.05) is 57.5 Å². The van der Waals surface area contributed by atoms with Crippen LogP contribution >= 0.6 is 0 Å². The van der Waals surface area contributed by atoms with Gasteiger partial charge in [-0.2, -0.15) is 0 Å². The zero-order valence-corrected chi connectivity index (χ0v) is 23.4. The molecule has 208 valence electrons. The van der Waals surface area contributed by atoms with Gasteiger partial charge in [0.15, 0.2) is 0 Å². The minimum atomic E-state index is -0.258. The highest BCUT2D eigenvalue weighted by molar-refractivity contribution is 5.79. The molecule has 40 heavy (non-hydrogen) atoms. The lowest BCUT2D eigenvalue weighted by atomic mass is 9.86. The third-order valence-electron chi connectivity index (χ3n) is 8.55. The maximum Gasteiger partial charge on any atom is 0.225 e. The Bertz CT molecular complexity index is 1490. The maximum absolute atomic E-state index is 13.8. The number of carbonyl (C=O) groups is 1. The van der Waals surface area contributed by atoms with E-state index in [9.17, 15) is 9.18 Å². The van der Waals surface area contributed by atoms with E-state index in [1.165, 1.54) is 17.7 Å². The first-order valence-electron chi connectivity index (χ1n) is 14.4. The van der Waals surface area contributed by atoms with E-state index in [4.69, 9.17) is 9.72 Å². The Labute approximate surface area is 235 Å². The lowest BCUT2D eigenvalue weighted by Gasteiger charge is -2.38. The minimum Gasteiger partial charge on any atom is -0.381 e. The van der Waals surface area contributed by atoms with Crippen molar-refractivity contribution in [1.29, 1.82) is 0 Å². The second kappa shape index (κ2) is 11.5. The molecule has 3 heterocycles. The second-order valence-corrected chi connectivity index (χ2v) is 11.3. The number of carbonyl (C=O) groups excluding carboxylic acids is 1. The van der Waals surface area contributed by atoms with Crippen molar-refractivity contribution < 1.29 is 13.9 Å². The van der Waals surface area contributed by atoms with E-state index in [-0.39, 0.29) is 23.7 Å². The Balaban J connectivity index is 1.25. The van der Waals surface area contributed by atoms with Crippen molar-refractivity contribution in [2.24, 2.45) is 5.92 Å². The van der Waals surface area contributed by atoms with E-state index in [0.29, 0.717) is 6.54 Å². The molecule has 1 saturated carbocycles. The quantitative estimate of drug-likeness (QED) is 0.303. The van der Waals surface area contributed by atoms with Gasteiger partial charge in [-0.1, -0.05) is 36.2 Å². The topological polar surface area (TPSA) is 50.1 Å². The summed E-state index contributed by atoms with van der Waals surface area (Å²) in [6.07, 6.45) is 6.27. The summed E-state index contributed by atoms with van der Waals surface area (Å²) < 4.78 is 21.5. The third-order valence-corrected chi connectivity index (χ3v) is 8.55. The summed E-state index contributed by atoms with van der Waals surface area (Å²) in [7, 11) is 1.75. The fraction of sp³-hybridized carbons (Fsp3) is 0.394. The van der Waals surface area contributed by atoms with Crippen LogP contribution in [0.1, 0.15) is 36.9 Å². The Hall–Kier alpha value is -3.55. The van der Waals surface area contributed by atoms with Crippen LogP contribution in [0.3, 0.4) is 0 Å². The first kappa shape index (κ1) is 26.7. The van der Waals surface area contributed by atoms with E-state index < -0.39 is 0 Å². The predicted molar refractivity (Wildman–Crippen MR) is 155 cm³/mol. The zero-order valence-electron chi connectivity index (χ0n) is 23.4. The first-order valence-corrected chi connectivity index (χ1v) is 14.4. The van der Waals surface area contributed by atoms with Crippen molar-refractivity contribution in [1.82, 2.24) is 19.2 Å². The molecule has 2 atom stereocenters. The molecule has 6 rings (SSSR count). The Morgan fingerprint density at radius 2 is 1.75 bits per heavy atom. The number of aromatic nitrogens is 2. The van der Waals surface area contributed by atoms with Crippen LogP contribution in [0, 0.1) is 18.7 Å². The molecule has 4 aromatic rings. The Morgan fingerprint density at radius 1 is 0.975 bits per heavy atom. The van der Waals surface area contributed by atoms with Gasteiger partial charge >= 0.3 is 0 Å². The Morgan fingerprint density at radius 3 is 2.50 bits per heavy atom. The molecule has 2 aromatic carbocycles. The average molecular weight is 541 g/mol. The molecule has 2 aromatic heterocycles. The van der Waals surface area contributed by atoms with E-state index in [0.717, 1.165) is 85.6 Å². The van der Waals surface area contributed by atoms with E-state index in [1.54, 1.807) is 19.2 Å². The monoisotopic (exact) mass is 540 g/mol. The number of pyridine rings is 1. The number of methoxy groups -OCH3 is 1. The average Bonchev–Trinajstić information content (AvgIpc) is 3.35. The van der Waals surface area contributed by atoms with Gasteiger partial charge < -0.3 is 14.0 Å². The fourth-order valence-electron chi connectivity index (χ4n) is 6.26. The smallest absolute Gasteiger partial charge is 0.225 e. The van der Waals surface area contributed by atoms with Gasteiger partial charge in [-0.05, 0) is 73.7 Å². The standard InChI is InChI=1S/C33H37FN4O2/c1-23-5-3-6-25(19-23)27-11-14-31-35-32(24-9-12-28(34)13-10-24)30(38(31)21-27)22-36-15-17-37(18-16-36)33(39)26-7-4-8-29(20-26)40-2/h3,5-6,9-14,19,21,26,29H,4,7-8,15-18,20,22H2,1-2H3/t26-,29+/m0/s1. The highest BCUT2D eigenvalue weighted by Crippen LogP contribution is 2.30. The number of nitrogens with zero attached hydrogens (tertiary/aromatic N) is 4. The number of amides is 1. The lowest BCUT2D eigenvalue weighted by Crippen LogP contribution is -2.50. The number of aryl methyl sites for hydroxylation is 1. The van der Waals surface area contributed by atoms with Crippen molar-refractivity contribution in [2.75, 3.05) is 33.3 Å². The van der Waals surface area contributed by atoms with Crippen LogP contribution in [0.5, 0.6) is 0 Å². The third kappa shape index (κ3) is 5.54. The highest BCUT2D eigenvalue weighted by Gasteiger charge is 2.32. The molecule has 1 amide bonds. The van der Waals surface area contributed by atoms with Crippen LogP contribution in [-0.2, 0) is 16.1 Å². The SMILES string of the molecule is CO[C@@H]1CCC[C@H](C(=O)N2CCN(Cc3c(-c4ccc(F)cc4)nc4ccc(-c5cccc(C)c5)cn34)CC2)C1. The number of benzene rings is 2. The molecular weight excluding hydrogens is 503 g/mol. The first-order chi connectivity index (χ1) is 19.5. The Kier molecular flexibility index (Phi) is 7.67. The number of fused-ring (bicyclic) bond motifs is 1. The molecule has 6 nitrogen and oxygen atoms in total. The van der Waals surface area contributed by atoms with Crippen LogP contribution in [-0.4, -0.2) is 64.5 Å². The van der Waals surface area contributed by atoms with Crippen molar-refractivity contribution >= 4 is 11.6 Å². The molecule has 2 aliphatic rings. The maximum atomic E-state index is 13.8. The zero-order chi connectivity index (χ0) is 27.6. The summed E-state index contributed by atoms with van der Waals surface area (Å²) in [5.41, 5.74) is 7.21. The minimum absolute atomic E-state index is 0.0779. The number of piperazine rings is 1. The van der Waals surface area contributed by atoms with Crippen molar-refractivity contribution in [2.45, 2.75) is 45.3 Å². The molecular formula is C33H37FN4O2. The van der Waals surface area contributed by atoms with Gasteiger partial charge in [-0.3, -0.25) is 9.69 Å². The molecule has 0 unspecified atom stereocenters. The summed E-state index contributed by atoms with van der Waals surface area (Å²) >= 11 is 0. The van der Waals surface area contributed by atoms with Crippen LogP contribution in [0.4, 0.5) is 4.39 Å². The number of ether oxygens (including phenoxy) is 1. The van der Waals surface area contributed by atoms with E-state index in [2.05, 4.69) is 58.8 Å². The molecule has 0 N–H and O–H groups in total. The summed E-state index contributed by atoms with van der Waals surface area (Å²) in [6.45, 7) is 5.86. The van der Waals surface area contributed by atoms with Gasteiger partial charge in [0.25, 0.3) is 0 Å². The fourth-order valence-corrected chi connectivity index (χ4v) is 6.26. The molecule has 0 radical (unpaired) electrons. The summed E-state index contributed by atoms with van der Waals surface area (Å²) in [4.78, 5) is 22.7. The van der Waals surface area contributed by atoms with Crippen molar-refractivity contribution in [3.63, 3.8) is 0 Å². The molecule has 1 aliphatic heterocycles. The van der Waals surface area contributed by atoms with E-state index >= 15 is 0 Å². The van der Waals surface area contributed by atoms with Gasteiger partial charge in [0.1, 0.15) is 11.5 Å². The van der Waals surface area contributed by atoms with Gasteiger partial charge in [-0.15, -0.1) is 0 Å². The molecule has 2 fully saturated rings. The molecule has 1 saturated heterocycles. The lowest BCUT2D eigenvalue weighted by molar-refractivity contribution is -0.140. The summed E-state index contributed by atoms with van der Waals surface area (Å²) in [5.74, 6) is 0.103. The molecule has 1 aliphatic carbocycles. The van der Waals surface area contributed by atoms with Crippen molar-refractivity contribution in [3.05, 3.63) is 83.9 Å². The number of rotatable bonds is 6. The number of hydrogen-bond donors (Lipinski definition) is 0. The molecule has 0 bridgehead atoms. The predicted octanol–water partition coefficient (Wildman–Crippen LogP) is 5.97. The molecule has 7 heteroatoms. The summed E-state index contributed by atoms with van der Waals surface area (Å²) in [5, 5.41) is 0. The van der Waals surface area contributed by atoms with Gasteiger partial charge in [0.05, 0.1) is 17.5 Å². The van der Waals surface area contributed by atoms with Crippen LogP contribution in [0.2, 0.25) is 0 Å². The van der Waals surface area contributed by atoms with Crippen LogP contribution in [0.15, 0.2) is 66.9 Å². The van der Waals surface area contributed by atoms with Crippen molar-refractivity contribution in [3.8, 4) is 22.4 Å². The number of halogens is 1. The van der Waals surface area contributed by atoms with Gasteiger partial charge in [0.2, 0.25) is 5.91 Å². The summed E-state index contributed by atoms with van der Waals surface area (Å²) in [6, 6.07) is 19.3. The number of imidazole rings is 1. The molecule has 0 spiro atoms. The normalized spacial score (nSPS) is 20.2.